The van der Waals surface area contributed by atoms with Crippen molar-refractivity contribution in [1.82, 2.24) is 14.9 Å². The van der Waals surface area contributed by atoms with Crippen LogP contribution in [-0.2, 0) is 11.8 Å². The van der Waals surface area contributed by atoms with E-state index in [9.17, 15) is 9.18 Å². The number of fused-ring (bicyclic) bond motifs is 1. The van der Waals surface area contributed by atoms with Gasteiger partial charge in [0.25, 0.3) is 0 Å². The molecule has 1 unspecified atom stereocenters. The van der Waals surface area contributed by atoms with E-state index in [-0.39, 0.29) is 35.5 Å². The number of benzene rings is 1. The molecule has 2 N–H and O–H groups in total. The topological polar surface area (TPSA) is 59.0 Å². The molecule has 2 heterocycles. The molecule has 7 heteroatoms. The summed E-state index contributed by atoms with van der Waals surface area (Å²) in [6, 6.07) is 4.47. The van der Waals surface area contributed by atoms with Crippen LogP contribution in [0.1, 0.15) is 19.3 Å². The second kappa shape index (κ2) is 5.76. The Hall–Kier alpha value is -1.66. The van der Waals surface area contributed by atoms with Gasteiger partial charge in [-0.2, -0.15) is 0 Å². The van der Waals surface area contributed by atoms with Gasteiger partial charge in [0, 0.05) is 19.0 Å². The maximum atomic E-state index is 13.3. The van der Waals surface area contributed by atoms with Crippen LogP contribution < -0.4 is 10.6 Å². The predicted octanol–water partition coefficient (Wildman–Crippen LogP) is 2.46. The third-order valence-corrected chi connectivity index (χ3v) is 5.18. The van der Waals surface area contributed by atoms with Gasteiger partial charge in [-0.1, -0.05) is 0 Å². The highest BCUT2D eigenvalue weighted by Gasteiger charge is 2.57. The second-order valence-electron chi connectivity index (χ2n) is 6.49. The van der Waals surface area contributed by atoms with Crippen LogP contribution in [-0.4, -0.2) is 28.5 Å². The van der Waals surface area contributed by atoms with Crippen LogP contribution in [0.2, 0.25) is 0 Å². The molecule has 5 nitrogen and oxygen atoms in total. The molecule has 2 aliphatic rings. The molecular formula is C16H20ClFN4O. The lowest BCUT2D eigenvalue weighted by Gasteiger charge is -2.23. The number of carbonyl (C=O) groups excluding carboxylic acids is 1. The fourth-order valence-electron chi connectivity index (χ4n) is 3.68. The average molecular weight is 339 g/mol. The smallest absolute Gasteiger partial charge is 0.230 e. The number of aryl methyl sites for hydroxylation is 1. The Labute approximate surface area is 140 Å². The number of nitrogens with zero attached hydrogens (tertiary/aromatic N) is 2. The molecule has 124 valence electrons. The van der Waals surface area contributed by atoms with E-state index in [0.29, 0.717) is 11.5 Å². The van der Waals surface area contributed by atoms with E-state index in [1.54, 1.807) is 10.6 Å². The Kier molecular flexibility index (Phi) is 4.06. The number of rotatable bonds is 2. The zero-order valence-corrected chi connectivity index (χ0v) is 13.8. The maximum absolute atomic E-state index is 13.3. The molecule has 1 aromatic carbocycles. The third kappa shape index (κ3) is 2.70. The molecule has 1 saturated carbocycles. The van der Waals surface area contributed by atoms with Crippen molar-refractivity contribution in [2.45, 2.75) is 19.3 Å². The van der Waals surface area contributed by atoms with Crippen molar-refractivity contribution in [3.63, 3.8) is 0 Å². The Balaban J connectivity index is 0.00000156. The van der Waals surface area contributed by atoms with Gasteiger partial charge in [0.2, 0.25) is 11.9 Å². The third-order valence-electron chi connectivity index (χ3n) is 5.18. The minimum Gasteiger partial charge on any atom is -0.317 e. The zero-order valence-electron chi connectivity index (χ0n) is 12.9. The lowest BCUT2D eigenvalue weighted by atomic mass is 9.92. The number of halogens is 2. The van der Waals surface area contributed by atoms with Gasteiger partial charge in [-0.15, -0.1) is 12.4 Å². The number of hydrogen-bond donors (Lipinski definition) is 2. The number of anilines is 1. The average Bonchev–Trinajstić information content (AvgIpc) is 3.11. The number of nitrogens with one attached hydrogen (secondary N) is 2. The summed E-state index contributed by atoms with van der Waals surface area (Å²) >= 11 is 0. The molecule has 1 atom stereocenters. The summed E-state index contributed by atoms with van der Waals surface area (Å²) in [7, 11) is 1.83. The van der Waals surface area contributed by atoms with Crippen molar-refractivity contribution >= 4 is 35.3 Å². The molecule has 1 aliphatic heterocycles. The maximum Gasteiger partial charge on any atom is 0.230 e. The van der Waals surface area contributed by atoms with Crippen molar-refractivity contribution < 1.29 is 9.18 Å². The van der Waals surface area contributed by atoms with Gasteiger partial charge in [-0.05, 0) is 49.9 Å². The summed E-state index contributed by atoms with van der Waals surface area (Å²) in [5.41, 5.74) is 1.57. The predicted molar refractivity (Wildman–Crippen MR) is 89.2 cm³/mol. The molecule has 23 heavy (non-hydrogen) atoms. The van der Waals surface area contributed by atoms with E-state index in [1.165, 1.54) is 12.1 Å². The van der Waals surface area contributed by atoms with Crippen molar-refractivity contribution in [2.24, 2.45) is 18.4 Å². The summed E-state index contributed by atoms with van der Waals surface area (Å²) in [5.74, 6) is 0.299. The van der Waals surface area contributed by atoms with Crippen LogP contribution in [0.15, 0.2) is 18.2 Å². The molecule has 1 amide bonds. The van der Waals surface area contributed by atoms with Crippen LogP contribution in [0.25, 0.3) is 11.0 Å². The standard InChI is InChI=1S/C16H19FN4O.ClH/c1-21-13-3-2-10(17)8-12(13)19-15(21)20-14(22)11-9-16(11)4-6-18-7-5-16;/h2-3,8,11,18H,4-7,9H2,1H3,(H,19,20,22);1H. The molecule has 1 spiro atoms. The number of imidazole rings is 1. The minimum absolute atomic E-state index is 0. The molecule has 4 rings (SSSR count). The largest absolute Gasteiger partial charge is 0.317 e. The highest BCUT2D eigenvalue weighted by molar-refractivity contribution is 5.95. The first kappa shape index (κ1) is 16.2. The van der Waals surface area contributed by atoms with Crippen molar-refractivity contribution in [3.8, 4) is 0 Å². The molecule has 1 aliphatic carbocycles. The highest BCUT2D eigenvalue weighted by Crippen LogP contribution is 2.58. The van der Waals surface area contributed by atoms with Crippen molar-refractivity contribution in [3.05, 3.63) is 24.0 Å². The van der Waals surface area contributed by atoms with Gasteiger partial charge in [0.05, 0.1) is 11.0 Å². The summed E-state index contributed by atoms with van der Waals surface area (Å²) < 4.78 is 15.1. The first-order valence-electron chi connectivity index (χ1n) is 7.73. The Morgan fingerprint density at radius 3 is 2.91 bits per heavy atom. The summed E-state index contributed by atoms with van der Waals surface area (Å²) in [6.07, 6.45) is 3.11. The SMILES string of the molecule is Cl.Cn1c(NC(=O)C2CC23CCNCC3)nc2cc(F)ccc21. The van der Waals surface area contributed by atoms with Crippen LogP contribution in [0.3, 0.4) is 0 Å². The highest BCUT2D eigenvalue weighted by atomic mass is 35.5. The first-order valence-corrected chi connectivity index (χ1v) is 7.73. The summed E-state index contributed by atoms with van der Waals surface area (Å²) in [5, 5.41) is 6.26. The number of piperidine rings is 1. The Morgan fingerprint density at radius 1 is 1.43 bits per heavy atom. The quantitative estimate of drug-likeness (QED) is 0.884. The summed E-state index contributed by atoms with van der Waals surface area (Å²) in [6.45, 7) is 1.99. The van der Waals surface area contributed by atoms with Crippen LogP contribution in [0, 0.1) is 17.2 Å². The zero-order chi connectivity index (χ0) is 15.3. The lowest BCUT2D eigenvalue weighted by molar-refractivity contribution is -0.118. The number of amides is 1. The van der Waals surface area contributed by atoms with E-state index in [1.807, 2.05) is 7.05 Å². The molecule has 0 bridgehead atoms. The number of aromatic nitrogens is 2. The monoisotopic (exact) mass is 338 g/mol. The van der Waals surface area contributed by atoms with E-state index in [2.05, 4.69) is 15.6 Å². The first-order chi connectivity index (χ1) is 10.6. The number of carbonyl (C=O) groups is 1. The van der Waals surface area contributed by atoms with Crippen molar-refractivity contribution in [2.75, 3.05) is 18.4 Å². The van der Waals surface area contributed by atoms with Gasteiger partial charge in [0.15, 0.2) is 0 Å². The van der Waals surface area contributed by atoms with E-state index >= 15 is 0 Å². The van der Waals surface area contributed by atoms with Gasteiger partial charge in [-0.3, -0.25) is 10.1 Å². The van der Waals surface area contributed by atoms with Gasteiger partial charge < -0.3 is 9.88 Å². The fraction of sp³-hybridized carbons (Fsp3) is 0.500. The second-order valence-corrected chi connectivity index (χ2v) is 6.49. The lowest BCUT2D eigenvalue weighted by Crippen LogP contribution is -2.31. The fourth-order valence-corrected chi connectivity index (χ4v) is 3.68. The van der Waals surface area contributed by atoms with Crippen molar-refractivity contribution in [1.29, 1.82) is 0 Å². The van der Waals surface area contributed by atoms with Gasteiger partial charge in [-0.25, -0.2) is 9.37 Å². The molecule has 1 aromatic heterocycles. The van der Waals surface area contributed by atoms with Crippen LogP contribution in [0.5, 0.6) is 0 Å². The normalized spacial score (nSPS) is 21.9. The number of hydrogen-bond acceptors (Lipinski definition) is 3. The molecule has 2 fully saturated rings. The minimum atomic E-state index is -0.320. The summed E-state index contributed by atoms with van der Waals surface area (Å²) in [4.78, 5) is 16.8. The Morgan fingerprint density at radius 2 is 2.17 bits per heavy atom. The van der Waals surface area contributed by atoms with E-state index in [4.69, 9.17) is 0 Å². The Bertz CT molecular complexity index is 754. The van der Waals surface area contributed by atoms with Crippen LogP contribution >= 0.6 is 12.4 Å². The van der Waals surface area contributed by atoms with Gasteiger partial charge >= 0.3 is 0 Å². The molecule has 2 aromatic rings. The van der Waals surface area contributed by atoms with Crippen LogP contribution in [0.4, 0.5) is 10.3 Å². The van der Waals surface area contributed by atoms with E-state index < -0.39 is 0 Å². The molecular weight excluding hydrogens is 319 g/mol. The molecule has 0 radical (unpaired) electrons. The van der Waals surface area contributed by atoms with E-state index in [0.717, 1.165) is 37.9 Å². The molecule has 1 saturated heterocycles. The van der Waals surface area contributed by atoms with Gasteiger partial charge in [0.1, 0.15) is 5.82 Å².